The molecule has 2 aromatic carbocycles. The summed E-state index contributed by atoms with van der Waals surface area (Å²) >= 11 is 1.33. The van der Waals surface area contributed by atoms with Crippen LogP contribution in [-0.4, -0.2) is 31.9 Å². The first-order valence-corrected chi connectivity index (χ1v) is 10.4. The molecule has 0 aliphatic heterocycles. The Hall–Kier alpha value is -2.67. The Labute approximate surface area is 169 Å². The first-order chi connectivity index (χ1) is 13.5. The quantitative estimate of drug-likeness (QED) is 0.609. The number of nitrogens with one attached hydrogen (secondary N) is 1. The maximum absolute atomic E-state index is 12.6. The van der Waals surface area contributed by atoms with Crippen molar-refractivity contribution in [3.8, 4) is 5.69 Å². The Kier molecular flexibility index (Phi) is 6.46. The third kappa shape index (κ3) is 4.25. The Morgan fingerprint density at radius 3 is 2.43 bits per heavy atom. The molecule has 0 bridgehead atoms. The molecule has 1 aromatic heterocycles. The first kappa shape index (κ1) is 20.1. The second-order valence-electron chi connectivity index (χ2n) is 6.59. The minimum Gasteiger partial charge on any atom is -0.325 e. The molecule has 6 nitrogen and oxygen atoms in total. The van der Waals surface area contributed by atoms with Crippen molar-refractivity contribution < 1.29 is 4.79 Å². The highest BCUT2D eigenvalue weighted by molar-refractivity contribution is 7.99. The van der Waals surface area contributed by atoms with Crippen LogP contribution >= 0.6 is 11.8 Å². The van der Waals surface area contributed by atoms with Gasteiger partial charge in [-0.2, -0.15) is 4.68 Å². The number of hydrogen-bond donors (Lipinski definition) is 1. The average Bonchev–Trinajstić information content (AvgIpc) is 3.17. The molecule has 28 heavy (non-hydrogen) atoms. The largest absolute Gasteiger partial charge is 0.325 e. The van der Waals surface area contributed by atoms with Crippen molar-refractivity contribution >= 4 is 23.4 Å². The highest BCUT2D eigenvalue weighted by Crippen LogP contribution is 2.25. The van der Waals surface area contributed by atoms with Gasteiger partial charge in [0.2, 0.25) is 11.1 Å². The number of para-hydroxylation sites is 1. The molecule has 0 spiro atoms. The third-order valence-corrected chi connectivity index (χ3v) is 5.76. The number of nitrogens with zero attached hydrogens (tertiary/aromatic N) is 4. The van der Waals surface area contributed by atoms with Crippen LogP contribution < -0.4 is 5.32 Å². The van der Waals surface area contributed by atoms with E-state index in [-0.39, 0.29) is 11.7 Å². The molecule has 1 heterocycles. The van der Waals surface area contributed by atoms with Crippen LogP contribution in [0.1, 0.15) is 36.1 Å². The van der Waals surface area contributed by atoms with E-state index >= 15 is 0 Å². The van der Waals surface area contributed by atoms with Gasteiger partial charge in [-0.3, -0.25) is 4.79 Å². The smallest absolute Gasteiger partial charge is 0.234 e. The molecule has 0 aliphatic carbocycles. The van der Waals surface area contributed by atoms with Crippen LogP contribution in [0.4, 0.5) is 5.69 Å². The van der Waals surface area contributed by atoms with Gasteiger partial charge in [-0.25, -0.2) is 0 Å². The van der Waals surface area contributed by atoms with Gasteiger partial charge in [0.1, 0.15) is 0 Å². The van der Waals surface area contributed by atoms with Crippen LogP contribution in [0.15, 0.2) is 41.6 Å². The van der Waals surface area contributed by atoms with Crippen molar-refractivity contribution in [1.29, 1.82) is 0 Å². The monoisotopic (exact) mass is 395 g/mol. The van der Waals surface area contributed by atoms with E-state index in [2.05, 4.69) is 59.8 Å². The molecule has 0 saturated carbocycles. The molecule has 0 unspecified atom stereocenters. The van der Waals surface area contributed by atoms with Crippen LogP contribution in [0, 0.1) is 13.8 Å². The SMILES string of the molecule is CCc1cccc(CC)c1NC(=O)CSc1nnnn1-c1cccc(C)c1C. The minimum absolute atomic E-state index is 0.0592. The summed E-state index contributed by atoms with van der Waals surface area (Å²) in [6.45, 7) is 8.29. The molecule has 0 atom stereocenters. The van der Waals surface area contributed by atoms with Gasteiger partial charge in [-0.1, -0.05) is 55.9 Å². The van der Waals surface area contributed by atoms with Crippen LogP contribution in [0.25, 0.3) is 5.69 Å². The molecule has 0 radical (unpaired) electrons. The first-order valence-electron chi connectivity index (χ1n) is 9.43. The van der Waals surface area contributed by atoms with Gasteiger partial charge in [0.25, 0.3) is 0 Å². The Bertz CT molecular complexity index is 960. The summed E-state index contributed by atoms with van der Waals surface area (Å²) < 4.78 is 1.69. The molecule has 1 N–H and O–H groups in total. The average molecular weight is 396 g/mol. The van der Waals surface area contributed by atoms with Crippen LogP contribution in [-0.2, 0) is 17.6 Å². The van der Waals surface area contributed by atoms with E-state index in [9.17, 15) is 4.79 Å². The van der Waals surface area contributed by atoms with Crippen LogP contribution in [0.3, 0.4) is 0 Å². The lowest BCUT2D eigenvalue weighted by Crippen LogP contribution is -2.17. The molecule has 0 fully saturated rings. The van der Waals surface area contributed by atoms with E-state index in [1.165, 1.54) is 17.3 Å². The molecule has 3 rings (SSSR count). The van der Waals surface area contributed by atoms with E-state index in [0.717, 1.165) is 40.9 Å². The van der Waals surface area contributed by atoms with Crippen molar-refractivity contribution in [3.05, 3.63) is 58.7 Å². The fourth-order valence-corrected chi connectivity index (χ4v) is 3.78. The summed E-state index contributed by atoms with van der Waals surface area (Å²) in [7, 11) is 0. The van der Waals surface area contributed by atoms with Gasteiger partial charge >= 0.3 is 0 Å². The van der Waals surface area contributed by atoms with Gasteiger partial charge in [-0.15, -0.1) is 5.10 Å². The molecule has 146 valence electrons. The minimum atomic E-state index is -0.0592. The van der Waals surface area contributed by atoms with E-state index in [0.29, 0.717) is 5.16 Å². The highest BCUT2D eigenvalue weighted by atomic mass is 32.2. The predicted molar refractivity (Wildman–Crippen MR) is 113 cm³/mol. The molecule has 7 heteroatoms. The maximum atomic E-state index is 12.6. The van der Waals surface area contributed by atoms with Crippen LogP contribution in [0.5, 0.6) is 0 Å². The van der Waals surface area contributed by atoms with Crippen LogP contribution in [0.2, 0.25) is 0 Å². The number of thioether (sulfide) groups is 1. The Morgan fingerprint density at radius 1 is 1.07 bits per heavy atom. The summed E-state index contributed by atoms with van der Waals surface area (Å²) in [5, 5.41) is 15.7. The third-order valence-electron chi connectivity index (χ3n) is 4.84. The number of rotatable bonds is 7. The normalized spacial score (nSPS) is 10.9. The maximum Gasteiger partial charge on any atom is 0.234 e. The molecule has 3 aromatic rings. The number of aromatic nitrogens is 4. The lowest BCUT2D eigenvalue weighted by molar-refractivity contribution is -0.113. The summed E-state index contributed by atoms with van der Waals surface area (Å²) in [5.74, 6) is 0.183. The van der Waals surface area contributed by atoms with E-state index in [1.54, 1.807) is 4.68 Å². The fraction of sp³-hybridized carbons (Fsp3) is 0.333. The zero-order chi connectivity index (χ0) is 20.1. The molecule has 1 amide bonds. The van der Waals surface area contributed by atoms with Crippen molar-refractivity contribution in [1.82, 2.24) is 20.2 Å². The lowest BCUT2D eigenvalue weighted by Gasteiger charge is -2.14. The van der Waals surface area contributed by atoms with Gasteiger partial charge < -0.3 is 5.32 Å². The van der Waals surface area contributed by atoms with E-state index in [4.69, 9.17) is 0 Å². The second kappa shape index (κ2) is 9.01. The Morgan fingerprint density at radius 2 is 1.75 bits per heavy atom. The van der Waals surface area contributed by atoms with E-state index < -0.39 is 0 Å². The van der Waals surface area contributed by atoms with Gasteiger partial charge in [0.05, 0.1) is 11.4 Å². The number of tetrazole rings is 1. The number of benzene rings is 2. The van der Waals surface area contributed by atoms with Gasteiger partial charge in [0, 0.05) is 5.69 Å². The molecular weight excluding hydrogens is 370 g/mol. The summed E-state index contributed by atoms with van der Waals surface area (Å²) in [6, 6.07) is 12.2. The van der Waals surface area contributed by atoms with Crippen molar-refractivity contribution in [2.75, 3.05) is 11.1 Å². The standard InChI is InChI=1S/C21H25N5OS/c1-5-16-10-8-11-17(6-2)20(16)22-19(27)13-28-21-23-24-25-26(21)18-12-7-9-14(3)15(18)4/h7-12H,5-6,13H2,1-4H3,(H,22,27). The molecule has 0 saturated heterocycles. The molecular formula is C21H25N5OS. The summed E-state index contributed by atoms with van der Waals surface area (Å²) in [4.78, 5) is 12.6. The van der Waals surface area contributed by atoms with Crippen molar-refractivity contribution in [3.63, 3.8) is 0 Å². The van der Waals surface area contributed by atoms with E-state index in [1.807, 2.05) is 25.1 Å². The summed E-state index contributed by atoms with van der Waals surface area (Å²) in [6.07, 6.45) is 1.75. The number of hydrogen-bond acceptors (Lipinski definition) is 5. The van der Waals surface area contributed by atoms with Crippen molar-refractivity contribution in [2.45, 2.75) is 45.7 Å². The number of aryl methyl sites for hydroxylation is 3. The highest BCUT2D eigenvalue weighted by Gasteiger charge is 2.15. The number of amides is 1. The predicted octanol–water partition coefficient (Wildman–Crippen LogP) is 4.13. The second-order valence-corrected chi connectivity index (χ2v) is 7.53. The lowest BCUT2D eigenvalue weighted by atomic mass is 10.0. The number of carbonyl (C=O) groups is 1. The topological polar surface area (TPSA) is 72.7 Å². The summed E-state index contributed by atoms with van der Waals surface area (Å²) in [5.41, 5.74) is 6.45. The van der Waals surface area contributed by atoms with Gasteiger partial charge in [-0.05, 0) is 65.4 Å². The number of anilines is 1. The van der Waals surface area contributed by atoms with Gasteiger partial charge in [0.15, 0.2) is 0 Å². The number of carbonyl (C=O) groups excluding carboxylic acids is 1. The fourth-order valence-electron chi connectivity index (χ4n) is 3.09. The molecule has 0 aliphatic rings. The zero-order valence-electron chi connectivity index (χ0n) is 16.7. The zero-order valence-corrected chi connectivity index (χ0v) is 17.5. The van der Waals surface area contributed by atoms with Crippen molar-refractivity contribution in [2.24, 2.45) is 0 Å². The Balaban J connectivity index is 1.74.